The lowest BCUT2D eigenvalue weighted by Crippen LogP contribution is -2.53. The number of hydrogen-bond acceptors (Lipinski definition) is 3. The summed E-state index contributed by atoms with van der Waals surface area (Å²) in [4.78, 5) is 33.4. The smallest absolute Gasteiger partial charge is 0.329 e. The van der Waals surface area contributed by atoms with Gasteiger partial charge in [-0.2, -0.15) is 0 Å². The number of carboxylic acids is 2. The second-order valence-electron chi connectivity index (χ2n) is 4.03. The molecule has 1 unspecified atom stereocenters. The zero-order chi connectivity index (χ0) is 13.8. The average Bonchev–Trinajstić information content (AvgIpc) is 2.28. The fourth-order valence-corrected chi connectivity index (χ4v) is 1.39. The highest BCUT2D eigenvalue weighted by atomic mass is 16.4. The molecule has 0 aliphatic heterocycles. The largest absolute Gasteiger partial charge is 0.481 e. The Morgan fingerprint density at radius 1 is 1.17 bits per heavy atom. The Balaban J connectivity index is 2.88. The van der Waals surface area contributed by atoms with Crippen molar-refractivity contribution in [2.24, 2.45) is 0 Å². The van der Waals surface area contributed by atoms with Crippen molar-refractivity contribution in [3.8, 4) is 0 Å². The van der Waals surface area contributed by atoms with Crippen LogP contribution in [0.5, 0.6) is 0 Å². The lowest BCUT2D eigenvalue weighted by molar-refractivity contribution is -0.150. The van der Waals surface area contributed by atoms with Crippen LogP contribution in [0.25, 0.3) is 0 Å². The zero-order valence-electron chi connectivity index (χ0n) is 9.71. The van der Waals surface area contributed by atoms with E-state index in [0.717, 1.165) is 6.92 Å². The molecule has 96 valence electrons. The van der Waals surface area contributed by atoms with Crippen LogP contribution in [-0.4, -0.2) is 33.6 Å². The SMILES string of the molecule is CC(CC(=O)O)(NC(=O)c1ccccc1)C(=O)O. The van der Waals surface area contributed by atoms with Crippen LogP contribution in [0, 0.1) is 0 Å². The van der Waals surface area contributed by atoms with Gasteiger partial charge in [0.25, 0.3) is 5.91 Å². The Morgan fingerprint density at radius 3 is 2.17 bits per heavy atom. The van der Waals surface area contributed by atoms with Crippen LogP contribution in [0.3, 0.4) is 0 Å². The first-order valence-corrected chi connectivity index (χ1v) is 5.18. The van der Waals surface area contributed by atoms with Crippen molar-refractivity contribution in [2.75, 3.05) is 0 Å². The number of carboxylic acid groups (broad SMARTS) is 2. The summed E-state index contributed by atoms with van der Waals surface area (Å²) < 4.78 is 0. The van der Waals surface area contributed by atoms with Gasteiger partial charge in [-0.3, -0.25) is 9.59 Å². The molecule has 3 N–H and O–H groups in total. The minimum atomic E-state index is -1.83. The molecule has 6 heteroatoms. The lowest BCUT2D eigenvalue weighted by Gasteiger charge is -2.24. The van der Waals surface area contributed by atoms with Crippen LogP contribution >= 0.6 is 0 Å². The molecule has 1 amide bonds. The summed E-state index contributed by atoms with van der Waals surface area (Å²) >= 11 is 0. The first-order valence-electron chi connectivity index (χ1n) is 5.18. The van der Waals surface area contributed by atoms with E-state index in [4.69, 9.17) is 10.2 Å². The summed E-state index contributed by atoms with van der Waals surface area (Å²) in [6.45, 7) is 1.16. The molecule has 0 radical (unpaired) electrons. The van der Waals surface area contributed by atoms with Crippen LogP contribution < -0.4 is 5.32 Å². The molecule has 0 heterocycles. The van der Waals surface area contributed by atoms with E-state index in [0.29, 0.717) is 0 Å². The molecular weight excluding hydrogens is 238 g/mol. The number of hydrogen-bond donors (Lipinski definition) is 3. The van der Waals surface area contributed by atoms with Gasteiger partial charge >= 0.3 is 11.9 Å². The van der Waals surface area contributed by atoms with Crippen molar-refractivity contribution in [3.63, 3.8) is 0 Å². The van der Waals surface area contributed by atoms with E-state index in [-0.39, 0.29) is 5.56 Å². The number of carbonyl (C=O) groups excluding carboxylic acids is 1. The van der Waals surface area contributed by atoms with Gasteiger partial charge in [0, 0.05) is 5.56 Å². The van der Waals surface area contributed by atoms with E-state index in [1.807, 2.05) is 0 Å². The number of nitrogens with one attached hydrogen (secondary N) is 1. The molecule has 0 aliphatic carbocycles. The van der Waals surface area contributed by atoms with Crippen LogP contribution in [0.2, 0.25) is 0 Å². The predicted molar refractivity (Wildman–Crippen MR) is 62.2 cm³/mol. The first kappa shape index (κ1) is 13.7. The van der Waals surface area contributed by atoms with Gasteiger partial charge in [0.15, 0.2) is 0 Å². The van der Waals surface area contributed by atoms with Gasteiger partial charge in [0.05, 0.1) is 6.42 Å². The molecule has 1 atom stereocenters. The molecule has 0 aromatic heterocycles. The Labute approximate surface area is 103 Å². The van der Waals surface area contributed by atoms with Crippen LogP contribution in [0.15, 0.2) is 30.3 Å². The Hall–Kier alpha value is -2.37. The fraction of sp³-hybridized carbons (Fsp3) is 0.250. The number of carbonyl (C=O) groups is 3. The molecule has 0 bridgehead atoms. The van der Waals surface area contributed by atoms with Crippen molar-refractivity contribution in [2.45, 2.75) is 18.9 Å². The van der Waals surface area contributed by atoms with E-state index < -0.39 is 29.8 Å². The number of benzene rings is 1. The summed E-state index contributed by atoms with van der Waals surface area (Å²) in [6.07, 6.45) is -0.694. The first-order chi connectivity index (χ1) is 8.35. The third-order valence-corrected chi connectivity index (χ3v) is 2.40. The van der Waals surface area contributed by atoms with E-state index in [2.05, 4.69) is 5.32 Å². The lowest BCUT2D eigenvalue weighted by atomic mass is 9.97. The number of aliphatic carboxylic acids is 2. The number of rotatable bonds is 5. The maximum Gasteiger partial charge on any atom is 0.329 e. The molecule has 18 heavy (non-hydrogen) atoms. The van der Waals surface area contributed by atoms with Crippen molar-refractivity contribution in [3.05, 3.63) is 35.9 Å². The molecule has 0 aliphatic rings. The third-order valence-electron chi connectivity index (χ3n) is 2.40. The third kappa shape index (κ3) is 3.31. The molecular formula is C12H13NO5. The second kappa shape index (κ2) is 5.31. The molecule has 0 saturated carbocycles. The van der Waals surface area contributed by atoms with Gasteiger partial charge in [-0.1, -0.05) is 18.2 Å². The van der Waals surface area contributed by atoms with Crippen LogP contribution in [0.1, 0.15) is 23.7 Å². The molecule has 1 aromatic carbocycles. The monoisotopic (exact) mass is 251 g/mol. The minimum Gasteiger partial charge on any atom is -0.481 e. The molecule has 1 aromatic rings. The standard InChI is InChI=1S/C12H13NO5/c1-12(11(17)18,7-9(14)15)13-10(16)8-5-3-2-4-6-8/h2-6H,7H2,1H3,(H,13,16)(H,14,15)(H,17,18). The molecule has 0 saturated heterocycles. The topological polar surface area (TPSA) is 104 Å². The van der Waals surface area contributed by atoms with Crippen LogP contribution in [-0.2, 0) is 9.59 Å². The zero-order valence-corrected chi connectivity index (χ0v) is 9.71. The maximum absolute atomic E-state index is 11.8. The van der Waals surface area contributed by atoms with Crippen LogP contribution in [0.4, 0.5) is 0 Å². The normalized spacial score (nSPS) is 13.4. The van der Waals surface area contributed by atoms with Crippen molar-refractivity contribution < 1.29 is 24.6 Å². The van der Waals surface area contributed by atoms with Gasteiger partial charge in [-0.05, 0) is 19.1 Å². The highest BCUT2D eigenvalue weighted by Crippen LogP contribution is 2.12. The van der Waals surface area contributed by atoms with Crippen molar-refractivity contribution in [1.29, 1.82) is 0 Å². The fourth-order valence-electron chi connectivity index (χ4n) is 1.39. The second-order valence-corrected chi connectivity index (χ2v) is 4.03. The Bertz CT molecular complexity index is 471. The van der Waals surface area contributed by atoms with Gasteiger partial charge < -0.3 is 15.5 Å². The van der Waals surface area contributed by atoms with E-state index in [1.54, 1.807) is 18.2 Å². The van der Waals surface area contributed by atoms with Gasteiger partial charge in [-0.25, -0.2) is 4.79 Å². The maximum atomic E-state index is 11.8. The summed E-state index contributed by atoms with van der Waals surface area (Å²) in [5.41, 5.74) is -1.56. The highest BCUT2D eigenvalue weighted by Gasteiger charge is 2.37. The molecule has 0 fully saturated rings. The highest BCUT2D eigenvalue weighted by molar-refractivity contribution is 5.98. The summed E-state index contributed by atoms with van der Waals surface area (Å²) in [5.74, 6) is -3.32. The Kier molecular flexibility index (Phi) is 4.04. The minimum absolute atomic E-state index is 0.273. The summed E-state index contributed by atoms with van der Waals surface area (Å²) in [5, 5.41) is 19.9. The number of amides is 1. The van der Waals surface area contributed by atoms with E-state index >= 15 is 0 Å². The predicted octanol–water partition coefficient (Wildman–Crippen LogP) is 0.734. The quantitative estimate of drug-likeness (QED) is 0.715. The molecule has 1 rings (SSSR count). The summed E-state index contributed by atoms with van der Waals surface area (Å²) in [6, 6.07) is 8.00. The van der Waals surface area contributed by atoms with E-state index in [9.17, 15) is 14.4 Å². The summed E-state index contributed by atoms with van der Waals surface area (Å²) in [7, 11) is 0. The average molecular weight is 251 g/mol. The van der Waals surface area contributed by atoms with Gasteiger partial charge in [-0.15, -0.1) is 0 Å². The van der Waals surface area contributed by atoms with Gasteiger partial charge in [0.1, 0.15) is 5.54 Å². The molecule has 0 spiro atoms. The van der Waals surface area contributed by atoms with Crippen molar-refractivity contribution >= 4 is 17.8 Å². The van der Waals surface area contributed by atoms with Gasteiger partial charge in [0.2, 0.25) is 0 Å². The Morgan fingerprint density at radius 2 is 1.72 bits per heavy atom. The van der Waals surface area contributed by atoms with E-state index in [1.165, 1.54) is 12.1 Å². The van der Waals surface area contributed by atoms with Crippen molar-refractivity contribution in [1.82, 2.24) is 5.32 Å². The molecule has 6 nitrogen and oxygen atoms in total.